The predicted octanol–water partition coefficient (Wildman–Crippen LogP) is 15.6. The van der Waals surface area contributed by atoms with Crippen LogP contribution in [0.2, 0.25) is 0 Å². The minimum absolute atomic E-state index is 0.0584. The highest BCUT2D eigenvalue weighted by molar-refractivity contribution is 7.47. The maximum atomic E-state index is 12.6. The number of carbonyl (C=O) groups is 2. The molecule has 0 bridgehead atoms. The molecule has 358 valence electrons. The molecular formula is C50H100NO8P. The molecule has 0 amide bonds. The molecule has 0 spiro atoms. The quantitative estimate of drug-likeness (QED) is 0.0348. The molecule has 0 saturated heterocycles. The lowest BCUT2D eigenvalue weighted by molar-refractivity contribution is -0.161. The van der Waals surface area contributed by atoms with Gasteiger partial charge in [-0.3, -0.25) is 18.6 Å². The van der Waals surface area contributed by atoms with E-state index in [1.165, 1.54) is 212 Å². The monoisotopic (exact) mass is 874 g/mol. The smallest absolute Gasteiger partial charge is 0.462 e. The fourth-order valence-corrected chi connectivity index (χ4v) is 8.64. The standard InChI is InChI=1S/C50H100NO8P/c1-3-5-7-9-11-13-15-17-19-21-22-23-24-25-26-27-29-30-32-34-36-38-40-42-49(52)56-46-48(47-58-60(54,55)57-45-44-51)59-50(53)43-41-39-37-35-33-31-28-20-18-16-14-12-10-8-6-4-2/h48H,3-47,51H2,1-2H3,(H,54,55)/t48-/m0/s1. The highest BCUT2D eigenvalue weighted by Crippen LogP contribution is 2.43. The third-order valence-corrected chi connectivity index (χ3v) is 12.7. The second-order valence-electron chi connectivity index (χ2n) is 17.8. The molecular weight excluding hydrogens is 774 g/mol. The molecule has 0 radical (unpaired) electrons. The average Bonchev–Trinajstić information content (AvgIpc) is 3.24. The van der Waals surface area contributed by atoms with Crippen molar-refractivity contribution in [2.24, 2.45) is 5.73 Å². The van der Waals surface area contributed by atoms with E-state index in [0.717, 1.165) is 32.1 Å². The molecule has 0 aliphatic rings. The van der Waals surface area contributed by atoms with Gasteiger partial charge in [0.2, 0.25) is 0 Å². The average molecular weight is 874 g/mol. The predicted molar refractivity (Wildman–Crippen MR) is 252 cm³/mol. The van der Waals surface area contributed by atoms with Crippen LogP contribution in [0.25, 0.3) is 0 Å². The summed E-state index contributed by atoms with van der Waals surface area (Å²) >= 11 is 0. The van der Waals surface area contributed by atoms with Crippen molar-refractivity contribution in [3.63, 3.8) is 0 Å². The lowest BCUT2D eigenvalue weighted by Crippen LogP contribution is -2.29. The van der Waals surface area contributed by atoms with E-state index in [9.17, 15) is 19.0 Å². The SMILES string of the molecule is CCCCCCCCCCCCCCCCCCCCCCCCCC(=O)OC[C@@H](COP(=O)(O)OCCN)OC(=O)CCCCCCCCCCCCCCCCCC. The molecule has 9 nitrogen and oxygen atoms in total. The third kappa shape index (κ3) is 46.5. The van der Waals surface area contributed by atoms with Crippen molar-refractivity contribution in [2.75, 3.05) is 26.4 Å². The number of hydrogen-bond donors (Lipinski definition) is 2. The summed E-state index contributed by atoms with van der Waals surface area (Å²) in [5.74, 6) is -0.806. The molecule has 2 atom stereocenters. The van der Waals surface area contributed by atoms with Crippen LogP contribution in [0.4, 0.5) is 0 Å². The van der Waals surface area contributed by atoms with Crippen LogP contribution in [-0.2, 0) is 32.7 Å². The molecule has 10 heteroatoms. The van der Waals surface area contributed by atoms with Crippen molar-refractivity contribution < 1.29 is 37.6 Å². The van der Waals surface area contributed by atoms with E-state index >= 15 is 0 Å². The first kappa shape index (κ1) is 59.0. The first-order chi connectivity index (χ1) is 29.3. The van der Waals surface area contributed by atoms with Crippen LogP contribution >= 0.6 is 7.82 Å². The van der Waals surface area contributed by atoms with E-state index < -0.39 is 26.5 Å². The fraction of sp³-hybridized carbons (Fsp3) is 0.960. The van der Waals surface area contributed by atoms with Crippen molar-refractivity contribution >= 4 is 19.8 Å². The largest absolute Gasteiger partial charge is 0.472 e. The van der Waals surface area contributed by atoms with Crippen LogP contribution in [0, 0.1) is 0 Å². The van der Waals surface area contributed by atoms with E-state index in [1.807, 2.05) is 0 Å². The number of unbranched alkanes of at least 4 members (excludes halogenated alkanes) is 37. The Bertz CT molecular complexity index is 953. The van der Waals surface area contributed by atoms with E-state index in [-0.39, 0.29) is 38.6 Å². The van der Waals surface area contributed by atoms with Crippen molar-refractivity contribution in [3.05, 3.63) is 0 Å². The molecule has 0 rings (SSSR count). The van der Waals surface area contributed by atoms with Crippen LogP contribution in [0.3, 0.4) is 0 Å². The normalized spacial score (nSPS) is 13.1. The van der Waals surface area contributed by atoms with Crippen LogP contribution in [-0.4, -0.2) is 49.3 Å². The Balaban J connectivity index is 3.95. The van der Waals surface area contributed by atoms with Crippen LogP contribution < -0.4 is 5.73 Å². The minimum Gasteiger partial charge on any atom is -0.462 e. The van der Waals surface area contributed by atoms with Crippen molar-refractivity contribution in [3.8, 4) is 0 Å². The molecule has 3 N–H and O–H groups in total. The Labute approximate surface area is 371 Å². The zero-order valence-corrected chi connectivity index (χ0v) is 40.6. The van der Waals surface area contributed by atoms with Crippen LogP contribution in [0.5, 0.6) is 0 Å². The molecule has 0 aromatic carbocycles. The number of esters is 2. The number of rotatable bonds is 50. The molecule has 0 heterocycles. The summed E-state index contributed by atoms with van der Waals surface area (Å²) in [6.07, 6.45) is 50.0. The molecule has 0 aromatic rings. The zero-order valence-electron chi connectivity index (χ0n) is 39.7. The third-order valence-electron chi connectivity index (χ3n) is 11.7. The van der Waals surface area contributed by atoms with Gasteiger partial charge in [0.1, 0.15) is 6.61 Å². The summed E-state index contributed by atoms with van der Waals surface area (Å²) in [6.45, 7) is 3.80. The summed E-state index contributed by atoms with van der Waals surface area (Å²) in [5, 5.41) is 0. The van der Waals surface area contributed by atoms with E-state index in [1.54, 1.807) is 0 Å². The van der Waals surface area contributed by atoms with Crippen LogP contribution in [0.1, 0.15) is 277 Å². The Morgan fingerprint density at radius 1 is 0.433 bits per heavy atom. The van der Waals surface area contributed by atoms with E-state index in [0.29, 0.717) is 6.42 Å². The number of nitrogens with two attached hydrogens (primary N) is 1. The van der Waals surface area contributed by atoms with Crippen molar-refractivity contribution in [1.82, 2.24) is 0 Å². The molecule has 0 aromatic heterocycles. The van der Waals surface area contributed by atoms with Gasteiger partial charge in [0.25, 0.3) is 0 Å². The topological polar surface area (TPSA) is 134 Å². The van der Waals surface area contributed by atoms with Crippen molar-refractivity contribution in [2.45, 2.75) is 283 Å². The second kappa shape index (κ2) is 47.5. The van der Waals surface area contributed by atoms with Gasteiger partial charge in [-0.1, -0.05) is 251 Å². The van der Waals surface area contributed by atoms with Crippen molar-refractivity contribution in [1.29, 1.82) is 0 Å². The molecule has 0 fully saturated rings. The summed E-state index contributed by atoms with van der Waals surface area (Å²) in [4.78, 5) is 35.0. The Kier molecular flexibility index (Phi) is 46.7. The molecule has 1 unspecified atom stereocenters. The van der Waals surface area contributed by atoms with Gasteiger partial charge in [-0.15, -0.1) is 0 Å². The minimum atomic E-state index is -4.37. The van der Waals surface area contributed by atoms with Gasteiger partial charge in [0.15, 0.2) is 6.10 Å². The van der Waals surface area contributed by atoms with E-state index in [4.69, 9.17) is 24.3 Å². The highest BCUT2D eigenvalue weighted by atomic mass is 31.2. The number of hydrogen-bond acceptors (Lipinski definition) is 8. The highest BCUT2D eigenvalue weighted by Gasteiger charge is 2.26. The molecule has 0 aliphatic heterocycles. The zero-order chi connectivity index (χ0) is 43.9. The lowest BCUT2D eigenvalue weighted by atomic mass is 10.0. The second-order valence-corrected chi connectivity index (χ2v) is 19.2. The first-order valence-corrected chi connectivity index (χ1v) is 27.5. The van der Waals surface area contributed by atoms with Gasteiger partial charge in [0.05, 0.1) is 13.2 Å². The first-order valence-electron chi connectivity index (χ1n) is 26.0. The maximum Gasteiger partial charge on any atom is 0.472 e. The van der Waals surface area contributed by atoms with Gasteiger partial charge in [-0.25, -0.2) is 4.57 Å². The van der Waals surface area contributed by atoms with Gasteiger partial charge in [-0.05, 0) is 12.8 Å². The molecule has 0 aliphatic carbocycles. The van der Waals surface area contributed by atoms with Gasteiger partial charge >= 0.3 is 19.8 Å². The van der Waals surface area contributed by atoms with Gasteiger partial charge < -0.3 is 20.1 Å². The van der Waals surface area contributed by atoms with Gasteiger partial charge in [0, 0.05) is 19.4 Å². The van der Waals surface area contributed by atoms with E-state index in [2.05, 4.69) is 13.8 Å². The number of phosphoric ester groups is 1. The van der Waals surface area contributed by atoms with Crippen LogP contribution in [0.15, 0.2) is 0 Å². The summed E-state index contributed by atoms with van der Waals surface area (Å²) < 4.78 is 32.9. The van der Waals surface area contributed by atoms with Gasteiger partial charge in [-0.2, -0.15) is 0 Å². The number of ether oxygens (including phenoxy) is 2. The maximum absolute atomic E-state index is 12.6. The molecule has 0 saturated carbocycles. The lowest BCUT2D eigenvalue weighted by Gasteiger charge is -2.19. The Morgan fingerprint density at radius 3 is 1.02 bits per heavy atom. The summed E-state index contributed by atoms with van der Waals surface area (Å²) in [5.41, 5.74) is 5.37. The Hall–Kier alpha value is -0.990. The fourth-order valence-electron chi connectivity index (χ4n) is 7.87. The Morgan fingerprint density at radius 2 is 0.717 bits per heavy atom. The summed E-state index contributed by atoms with van der Waals surface area (Å²) in [6, 6.07) is 0. The number of carbonyl (C=O) groups excluding carboxylic acids is 2. The summed E-state index contributed by atoms with van der Waals surface area (Å²) in [7, 11) is -4.37. The molecule has 60 heavy (non-hydrogen) atoms. The number of phosphoric acid groups is 1.